The average Bonchev–Trinajstić information content (AvgIpc) is 2.64. The van der Waals surface area contributed by atoms with Crippen LogP contribution in [-0.4, -0.2) is 26.0 Å². The Morgan fingerprint density at radius 3 is 1.23 bits per heavy atom. The van der Waals surface area contributed by atoms with E-state index in [1.54, 1.807) is 14.2 Å². The van der Waals surface area contributed by atoms with Gasteiger partial charge in [-0.3, -0.25) is 9.59 Å². The molecule has 6 heteroatoms. The second-order valence-corrected chi connectivity index (χ2v) is 5.90. The molecule has 2 N–H and O–H groups in total. The number of ether oxygens (including phenoxy) is 2. The van der Waals surface area contributed by atoms with Crippen molar-refractivity contribution in [1.29, 1.82) is 0 Å². The number of nitrogens with one attached hydrogen (secondary N) is 2. The number of carbonyl (C=O) groups excluding carboxylic acids is 2. The molecule has 138 valence electrons. The molecule has 0 aliphatic carbocycles. The van der Waals surface area contributed by atoms with Crippen molar-refractivity contribution >= 4 is 11.8 Å². The quantitative estimate of drug-likeness (QED) is 0.800. The van der Waals surface area contributed by atoms with Crippen molar-refractivity contribution in [3.05, 3.63) is 59.7 Å². The molecule has 0 spiro atoms. The molecule has 0 saturated carbocycles. The molecule has 2 rings (SSSR count). The minimum Gasteiger partial charge on any atom is -0.497 e. The van der Waals surface area contributed by atoms with E-state index < -0.39 is 12.1 Å². The van der Waals surface area contributed by atoms with Crippen LogP contribution in [0.4, 0.5) is 0 Å². The fourth-order valence-electron chi connectivity index (χ4n) is 2.78. The highest BCUT2D eigenvalue weighted by Crippen LogP contribution is 2.31. The van der Waals surface area contributed by atoms with Crippen LogP contribution in [0.2, 0.25) is 0 Å². The van der Waals surface area contributed by atoms with Gasteiger partial charge in [-0.05, 0) is 35.4 Å². The van der Waals surface area contributed by atoms with Crippen LogP contribution in [0.3, 0.4) is 0 Å². The predicted molar refractivity (Wildman–Crippen MR) is 99.1 cm³/mol. The van der Waals surface area contributed by atoms with Crippen LogP contribution in [0, 0.1) is 0 Å². The number of amides is 2. The van der Waals surface area contributed by atoms with Gasteiger partial charge in [0.15, 0.2) is 0 Å². The standard InChI is InChI=1S/C20H24N2O4/c1-13(23)21-19(15-5-9-17(25-3)10-6-15)20(22-14(2)24)16-7-11-18(26-4)12-8-16/h5-12,19-20H,1-4H3,(H,21,23)(H,22,24)/t19-,20-/m0/s1. The molecule has 26 heavy (non-hydrogen) atoms. The number of hydrogen-bond acceptors (Lipinski definition) is 4. The first-order valence-corrected chi connectivity index (χ1v) is 8.26. The summed E-state index contributed by atoms with van der Waals surface area (Å²) in [6, 6.07) is 13.9. The molecule has 0 saturated heterocycles. The Bertz CT molecular complexity index is 676. The lowest BCUT2D eigenvalue weighted by Crippen LogP contribution is -2.39. The Morgan fingerprint density at radius 1 is 0.692 bits per heavy atom. The molecule has 0 aliphatic heterocycles. The number of rotatable bonds is 7. The van der Waals surface area contributed by atoms with E-state index in [1.165, 1.54) is 13.8 Å². The second-order valence-electron chi connectivity index (χ2n) is 5.90. The number of benzene rings is 2. The van der Waals surface area contributed by atoms with Gasteiger partial charge in [0, 0.05) is 13.8 Å². The molecule has 2 aromatic rings. The molecule has 0 heterocycles. The third-order valence-corrected chi connectivity index (χ3v) is 4.00. The third kappa shape index (κ3) is 4.99. The molecule has 0 bridgehead atoms. The van der Waals surface area contributed by atoms with E-state index in [9.17, 15) is 9.59 Å². The minimum absolute atomic E-state index is 0.185. The first-order valence-electron chi connectivity index (χ1n) is 8.26. The smallest absolute Gasteiger partial charge is 0.217 e. The van der Waals surface area contributed by atoms with Crippen molar-refractivity contribution < 1.29 is 19.1 Å². The van der Waals surface area contributed by atoms with Crippen molar-refractivity contribution in [3.8, 4) is 11.5 Å². The fraction of sp³-hybridized carbons (Fsp3) is 0.300. The lowest BCUT2D eigenvalue weighted by atomic mass is 9.93. The van der Waals surface area contributed by atoms with E-state index in [2.05, 4.69) is 10.6 Å². The van der Waals surface area contributed by atoms with Crippen LogP contribution in [0.25, 0.3) is 0 Å². The normalized spacial score (nSPS) is 12.6. The molecule has 0 fully saturated rings. The van der Waals surface area contributed by atoms with Gasteiger partial charge >= 0.3 is 0 Å². The maximum Gasteiger partial charge on any atom is 0.217 e. The van der Waals surface area contributed by atoms with Crippen LogP contribution < -0.4 is 20.1 Å². The first-order chi connectivity index (χ1) is 12.4. The first kappa shape index (κ1) is 19.3. The molecular formula is C20H24N2O4. The molecule has 0 unspecified atom stereocenters. The van der Waals surface area contributed by atoms with Crippen molar-refractivity contribution in [2.24, 2.45) is 0 Å². The minimum atomic E-state index is -0.435. The SMILES string of the molecule is COc1ccc([C@H](NC(C)=O)[C@@H](NC(C)=O)c2ccc(OC)cc2)cc1. The molecule has 6 nitrogen and oxygen atoms in total. The van der Waals surface area contributed by atoms with E-state index in [4.69, 9.17) is 9.47 Å². The maximum absolute atomic E-state index is 11.8. The monoisotopic (exact) mass is 356 g/mol. The molecule has 2 aromatic carbocycles. The molecule has 0 aromatic heterocycles. The summed E-state index contributed by atoms with van der Waals surface area (Å²) in [4.78, 5) is 23.6. The maximum atomic E-state index is 11.8. The molecular weight excluding hydrogens is 332 g/mol. The zero-order valence-electron chi connectivity index (χ0n) is 15.4. The summed E-state index contributed by atoms with van der Waals surface area (Å²) < 4.78 is 10.4. The Kier molecular flexibility index (Phi) is 6.60. The van der Waals surface area contributed by atoms with E-state index >= 15 is 0 Å². The Morgan fingerprint density at radius 2 is 1.00 bits per heavy atom. The highest BCUT2D eigenvalue weighted by atomic mass is 16.5. The summed E-state index contributed by atoms with van der Waals surface area (Å²) >= 11 is 0. The van der Waals surface area contributed by atoms with E-state index in [-0.39, 0.29) is 11.8 Å². The van der Waals surface area contributed by atoms with Crippen LogP contribution in [0.15, 0.2) is 48.5 Å². The molecule has 2 amide bonds. The zero-order valence-corrected chi connectivity index (χ0v) is 15.4. The number of hydrogen-bond donors (Lipinski definition) is 2. The van der Waals surface area contributed by atoms with Crippen molar-refractivity contribution in [2.45, 2.75) is 25.9 Å². The van der Waals surface area contributed by atoms with Gasteiger partial charge in [0.2, 0.25) is 11.8 Å². The number of carbonyl (C=O) groups is 2. The van der Waals surface area contributed by atoms with Gasteiger partial charge in [-0.15, -0.1) is 0 Å². The molecule has 0 radical (unpaired) electrons. The second kappa shape index (κ2) is 8.89. The Balaban J connectivity index is 2.45. The topological polar surface area (TPSA) is 76.7 Å². The van der Waals surface area contributed by atoms with Gasteiger partial charge in [0.25, 0.3) is 0 Å². The highest BCUT2D eigenvalue weighted by Gasteiger charge is 2.26. The van der Waals surface area contributed by atoms with Crippen LogP contribution >= 0.6 is 0 Å². The summed E-state index contributed by atoms with van der Waals surface area (Å²) in [5.74, 6) is 1.07. The van der Waals surface area contributed by atoms with Crippen molar-refractivity contribution in [3.63, 3.8) is 0 Å². The van der Waals surface area contributed by atoms with E-state index in [0.717, 1.165) is 22.6 Å². The fourth-order valence-corrected chi connectivity index (χ4v) is 2.78. The van der Waals surface area contributed by atoms with E-state index in [0.29, 0.717) is 0 Å². The number of methoxy groups -OCH3 is 2. The lowest BCUT2D eigenvalue weighted by molar-refractivity contribution is -0.122. The van der Waals surface area contributed by atoms with Gasteiger partial charge in [-0.25, -0.2) is 0 Å². The molecule has 0 aliphatic rings. The summed E-state index contributed by atoms with van der Waals surface area (Å²) in [5.41, 5.74) is 1.71. The summed E-state index contributed by atoms with van der Waals surface area (Å²) in [5, 5.41) is 5.88. The van der Waals surface area contributed by atoms with Crippen LogP contribution in [0.1, 0.15) is 37.1 Å². The third-order valence-electron chi connectivity index (χ3n) is 4.00. The Hall–Kier alpha value is -3.02. The highest BCUT2D eigenvalue weighted by molar-refractivity contribution is 5.75. The van der Waals surface area contributed by atoms with Crippen LogP contribution in [0.5, 0.6) is 11.5 Å². The lowest BCUT2D eigenvalue weighted by Gasteiger charge is -2.29. The van der Waals surface area contributed by atoms with Crippen LogP contribution in [-0.2, 0) is 9.59 Å². The summed E-state index contributed by atoms with van der Waals surface area (Å²) in [7, 11) is 3.19. The van der Waals surface area contributed by atoms with Gasteiger partial charge in [-0.2, -0.15) is 0 Å². The van der Waals surface area contributed by atoms with E-state index in [1.807, 2.05) is 48.5 Å². The molecule has 2 atom stereocenters. The largest absolute Gasteiger partial charge is 0.497 e. The van der Waals surface area contributed by atoms with Crippen molar-refractivity contribution in [2.75, 3.05) is 14.2 Å². The van der Waals surface area contributed by atoms with Gasteiger partial charge < -0.3 is 20.1 Å². The predicted octanol–water partition coefficient (Wildman–Crippen LogP) is 2.76. The zero-order chi connectivity index (χ0) is 19.1. The average molecular weight is 356 g/mol. The summed E-state index contributed by atoms with van der Waals surface area (Å²) in [6.45, 7) is 2.91. The van der Waals surface area contributed by atoms with Gasteiger partial charge in [0.05, 0.1) is 26.3 Å². The van der Waals surface area contributed by atoms with Crippen molar-refractivity contribution in [1.82, 2.24) is 10.6 Å². The summed E-state index contributed by atoms with van der Waals surface area (Å²) in [6.07, 6.45) is 0. The van der Waals surface area contributed by atoms with Gasteiger partial charge in [0.1, 0.15) is 11.5 Å². The Labute approximate surface area is 153 Å². The van der Waals surface area contributed by atoms with Gasteiger partial charge in [-0.1, -0.05) is 24.3 Å².